The second kappa shape index (κ2) is 9.96. The molecule has 156 valence electrons. The zero-order valence-electron chi connectivity index (χ0n) is 17.4. The first-order valence-corrected chi connectivity index (χ1v) is 11.3. The van der Waals surface area contributed by atoms with Crippen LogP contribution in [0.25, 0.3) is 10.6 Å². The summed E-state index contributed by atoms with van der Waals surface area (Å²) >= 11 is 1.34. The van der Waals surface area contributed by atoms with Gasteiger partial charge < -0.3 is 5.32 Å². The first-order chi connectivity index (χ1) is 14.0. The van der Waals surface area contributed by atoms with E-state index < -0.39 is 6.04 Å². The lowest BCUT2D eigenvalue weighted by Crippen LogP contribution is -2.49. The number of nitrogens with zero attached hydrogens (tertiary/aromatic N) is 2. The van der Waals surface area contributed by atoms with Crippen LogP contribution in [0, 0.1) is 18.8 Å². The van der Waals surface area contributed by atoms with E-state index in [0.717, 1.165) is 42.7 Å². The summed E-state index contributed by atoms with van der Waals surface area (Å²) in [5, 5.41) is 15.4. The molecule has 0 spiro atoms. The summed E-state index contributed by atoms with van der Waals surface area (Å²) in [5.41, 5.74) is 2.15. The van der Waals surface area contributed by atoms with Gasteiger partial charge in [-0.1, -0.05) is 80.7 Å². The molecule has 1 heterocycles. The van der Waals surface area contributed by atoms with E-state index in [-0.39, 0.29) is 23.7 Å². The molecule has 0 saturated heterocycles. The number of carbonyl (C=O) groups is 2. The van der Waals surface area contributed by atoms with Crippen molar-refractivity contribution in [3.8, 4) is 10.6 Å². The average Bonchev–Trinajstić information content (AvgIpc) is 3.20. The number of amides is 2. The van der Waals surface area contributed by atoms with Crippen LogP contribution in [0.1, 0.15) is 57.9 Å². The normalized spacial score (nSPS) is 16.8. The fraction of sp³-hybridized carbons (Fsp3) is 0.545. The van der Waals surface area contributed by atoms with E-state index in [4.69, 9.17) is 0 Å². The molecule has 3 rings (SSSR count). The van der Waals surface area contributed by atoms with Crippen LogP contribution in [0.4, 0.5) is 5.13 Å². The molecule has 1 aromatic carbocycles. The van der Waals surface area contributed by atoms with E-state index in [9.17, 15) is 9.59 Å². The van der Waals surface area contributed by atoms with Gasteiger partial charge in [-0.25, -0.2) is 0 Å². The molecule has 1 aliphatic rings. The Hall–Kier alpha value is -2.28. The maximum absolute atomic E-state index is 12.9. The van der Waals surface area contributed by atoms with Crippen LogP contribution in [-0.2, 0) is 9.59 Å². The third-order valence-corrected chi connectivity index (χ3v) is 6.61. The van der Waals surface area contributed by atoms with Crippen LogP contribution >= 0.6 is 11.3 Å². The van der Waals surface area contributed by atoms with Crippen LogP contribution in [0.15, 0.2) is 24.3 Å². The minimum atomic E-state index is -0.568. The fourth-order valence-electron chi connectivity index (χ4n) is 3.61. The Morgan fingerprint density at radius 1 is 1.14 bits per heavy atom. The van der Waals surface area contributed by atoms with Crippen molar-refractivity contribution in [2.75, 3.05) is 5.32 Å². The summed E-state index contributed by atoms with van der Waals surface area (Å²) < 4.78 is 0. The van der Waals surface area contributed by atoms with Crippen LogP contribution in [0.2, 0.25) is 0 Å². The third-order valence-electron chi connectivity index (χ3n) is 5.72. The number of aryl methyl sites for hydroxylation is 1. The maximum Gasteiger partial charge on any atom is 0.249 e. The van der Waals surface area contributed by atoms with Gasteiger partial charge >= 0.3 is 0 Å². The first-order valence-electron chi connectivity index (χ1n) is 10.5. The molecule has 0 radical (unpaired) electrons. The zero-order chi connectivity index (χ0) is 20.8. The molecular formula is C22H30N4O2S. The fourth-order valence-corrected chi connectivity index (χ4v) is 4.36. The number of aromatic nitrogens is 2. The van der Waals surface area contributed by atoms with Crippen molar-refractivity contribution in [1.29, 1.82) is 0 Å². The molecule has 0 aliphatic heterocycles. The summed E-state index contributed by atoms with van der Waals surface area (Å²) in [6.07, 6.45) is 6.00. The Bertz CT molecular complexity index is 828. The summed E-state index contributed by atoms with van der Waals surface area (Å²) in [4.78, 5) is 25.6. The van der Waals surface area contributed by atoms with Gasteiger partial charge in [0.2, 0.25) is 16.9 Å². The lowest BCUT2D eigenvalue weighted by molar-refractivity contribution is -0.130. The highest BCUT2D eigenvalue weighted by Gasteiger charge is 2.30. The van der Waals surface area contributed by atoms with Crippen LogP contribution in [0.3, 0.4) is 0 Å². The molecule has 0 bridgehead atoms. The van der Waals surface area contributed by atoms with Gasteiger partial charge in [0.25, 0.3) is 0 Å². The third kappa shape index (κ3) is 5.63. The molecule has 2 atom stereocenters. The van der Waals surface area contributed by atoms with Crippen molar-refractivity contribution < 1.29 is 9.59 Å². The van der Waals surface area contributed by atoms with Gasteiger partial charge in [-0.05, 0) is 25.7 Å². The molecule has 2 N–H and O–H groups in total. The number of carbonyl (C=O) groups excluding carboxylic acids is 2. The van der Waals surface area contributed by atoms with E-state index in [1.165, 1.54) is 23.3 Å². The first kappa shape index (κ1) is 21.4. The molecule has 1 saturated carbocycles. The van der Waals surface area contributed by atoms with Crippen molar-refractivity contribution in [2.24, 2.45) is 11.8 Å². The maximum atomic E-state index is 12.9. The predicted octanol–water partition coefficient (Wildman–Crippen LogP) is 4.56. The molecular weight excluding hydrogens is 384 g/mol. The number of nitrogens with one attached hydrogen (secondary N) is 2. The highest BCUT2D eigenvalue weighted by Crippen LogP contribution is 2.27. The quantitative estimate of drug-likeness (QED) is 0.695. The lowest BCUT2D eigenvalue weighted by Gasteiger charge is -2.27. The molecule has 0 unspecified atom stereocenters. The van der Waals surface area contributed by atoms with E-state index in [1.54, 1.807) is 0 Å². The van der Waals surface area contributed by atoms with Gasteiger partial charge in [0.05, 0.1) is 0 Å². The van der Waals surface area contributed by atoms with Gasteiger partial charge in [0, 0.05) is 11.5 Å². The molecule has 1 aromatic heterocycles. The lowest BCUT2D eigenvalue weighted by atomic mass is 9.88. The predicted molar refractivity (Wildman–Crippen MR) is 117 cm³/mol. The number of anilines is 1. The molecule has 6 nitrogen and oxygen atoms in total. The molecule has 2 aromatic rings. The Morgan fingerprint density at radius 3 is 2.48 bits per heavy atom. The molecule has 7 heteroatoms. The Morgan fingerprint density at radius 2 is 1.83 bits per heavy atom. The van der Waals surface area contributed by atoms with Crippen molar-refractivity contribution in [2.45, 2.75) is 65.3 Å². The van der Waals surface area contributed by atoms with Crippen LogP contribution in [0.5, 0.6) is 0 Å². The molecule has 29 heavy (non-hydrogen) atoms. The van der Waals surface area contributed by atoms with Gasteiger partial charge in [-0.15, -0.1) is 10.2 Å². The van der Waals surface area contributed by atoms with Crippen LogP contribution in [-0.4, -0.2) is 28.1 Å². The Kier molecular flexibility index (Phi) is 7.36. The van der Waals surface area contributed by atoms with Crippen molar-refractivity contribution in [1.82, 2.24) is 15.5 Å². The molecule has 1 aliphatic carbocycles. The average molecular weight is 415 g/mol. The standard InChI is InChI=1S/C22H30N4O2S/c1-4-15(3)18(23-19(27)16-8-6-5-7-9-16)20(28)24-22-26-25-21(29-22)17-12-10-14(2)11-13-17/h10-13,15-16,18H,4-9H2,1-3H3,(H,23,27)(H,24,26,28)/t15-,18-/m1/s1. The second-order valence-electron chi connectivity index (χ2n) is 7.97. The summed E-state index contributed by atoms with van der Waals surface area (Å²) in [6, 6.07) is 7.46. The topological polar surface area (TPSA) is 84.0 Å². The summed E-state index contributed by atoms with van der Waals surface area (Å²) in [6.45, 7) is 6.05. The minimum absolute atomic E-state index is 0.00255. The number of hydrogen-bond donors (Lipinski definition) is 2. The molecule has 1 fully saturated rings. The highest BCUT2D eigenvalue weighted by molar-refractivity contribution is 7.18. The van der Waals surface area contributed by atoms with E-state index >= 15 is 0 Å². The molecule has 2 amide bonds. The smallest absolute Gasteiger partial charge is 0.249 e. The second-order valence-corrected chi connectivity index (χ2v) is 8.95. The van der Waals surface area contributed by atoms with Gasteiger partial charge in [-0.2, -0.15) is 0 Å². The minimum Gasteiger partial charge on any atom is -0.344 e. The van der Waals surface area contributed by atoms with E-state index in [0.29, 0.717) is 5.13 Å². The highest BCUT2D eigenvalue weighted by atomic mass is 32.1. The van der Waals surface area contributed by atoms with E-state index in [1.807, 2.05) is 45.0 Å². The number of hydrogen-bond acceptors (Lipinski definition) is 5. The van der Waals surface area contributed by atoms with E-state index in [2.05, 4.69) is 20.8 Å². The Balaban J connectivity index is 1.66. The van der Waals surface area contributed by atoms with Crippen molar-refractivity contribution >= 4 is 28.3 Å². The van der Waals surface area contributed by atoms with Gasteiger partial charge in [0.15, 0.2) is 0 Å². The monoisotopic (exact) mass is 414 g/mol. The van der Waals surface area contributed by atoms with Crippen molar-refractivity contribution in [3.63, 3.8) is 0 Å². The van der Waals surface area contributed by atoms with Crippen molar-refractivity contribution in [3.05, 3.63) is 29.8 Å². The summed E-state index contributed by atoms with van der Waals surface area (Å²) in [7, 11) is 0. The van der Waals surface area contributed by atoms with Gasteiger partial charge in [-0.3, -0.25) is 14.9 Å². The number of benzene rings is 1. The van der Waals surface area contributed by atoms with Gasteiger partial charge in [0.1, 0.15) is 11.0 Å². The Labute approximate surface area is 176 Å². The zero-order valence-corrected chi connectivity index (χ0v) is 18.2. The summed E-state index contributed by atoms with van der Waals surface area (Å²) in [5.74, 6) is -0.164. The van der Waals surface area contributed by atoms with Crippen LogP contribution < -0.4 is 10.6 Å². The SMILES string of the molecule is CC[C@@H](C)[C@@H](NC(=O)C1CCCCC1)C(=O)Nc1nnc(-c2ccc(C)cc2)s1. The largest absolute Gasteiger partial charge is 0.344 e. The number of rotatable bonds is 7.